The molecule has 1 aromatic rings. The summed E-state index contributed by atoms with van der Waals surface area (Å²) < 4.78 is 5.40. The Bertz CT molecular complexity index is 540. The summed E-state index contributed by atoms with van der Waals surface area (Å²) in [6, 6.07) is 6.40. The van der Waals surface area contributed by atoms with Crippen molar-refractivity contribution in [2.45, 2.75) is 52.3 Å². The number of likely N-dealkylation sites (tertiary alicyclic amines) is 1. The molecule has 0 aliphatic carbocycles. The molecule has 0 bridgehead atoms. The van der Waals surface area contributed by atoms with Gasteiger partial charge in [0.15, 0.2) is 0 Å². The number of amides is 1. The van der Waals surface area contributed by atoms with Crippen LogP contribution in [0.25, 0.3) is 0 Å². The molecule has 1 amide bonds. The van der Waals surface area contributed by atoms with E-state index in [4.69, 9.17) is 16.3 Å². The van der Waals surface area contributed by atoms with Crippen molar-refractivity contribution in [2.24, 2.45) is 0 Å². The molecule has 1 fully saturated rings. The van der Waals surface area contributed by atoms with Gasteiger partial charge in [-0.3, -0.25) is 0 Å². The molecular formula is C17H25ClN2O2. The van der Waals surface area contributed by atoms with Gasteiger partial charge in [0.1, 0.15) is 5.60 Å². The van der Waals surface area contributed by atoms with Crippen LogP contribution in [0.5, 0.6) is 0 Å². The first kappa shape index (κ1) is 17.1. The Balaban J connectivity index is 1.81. The average Bonchev–Trinajstić information content (AvgIpc) is 2.87. The zero-order valence-corrected chi connectivity index (χ0v) is 14.5. The largest absolute Gasteiger partial charge is 0.444 e. The number of hydrogen-bond donors (Lipinski definition) is 1. The van der Waals surface area contributed by atoms with Gasteiger partial charge in [-0.05, 0) is 51.3 Å². The Morgan fingerprint density at radius 3 is 2.82 bits per heavy atom. The quantitative estimate of drug-likeness (QED) is 0.920. The number of hydrogen-bond acceptors (Lipinski definition) is 3. The smallest absolute Gasteiger partial charge is 0.410 e. The summed E-state index contributed by atoms with van der Waals surface area (Å²) in [7, 11) is 0. The minimum Gasteiger partial charge on any atom is -0.444 e. The van der Waals surface area contributed by atoms with E-state index in [2.05, 4.69) is 11.4 Å². The number of nitrogens with zero attached hydrogens (tertiary/aromatic N) is 1. The van der Waals surface area contributed by atoms with Gasteiger partial charge in [-0.1, -0.05) is 23.7 Å². The second kappa shape index (κ2) is 6.88. The van der Waals surface area contributed by atoms with Gasteiger partial charge in [0.25, 0.3) is 0 Å². The van der Waals surface area contributed by atoms with E-state index in [1.165, 1.54) is 0 Å². The average molecular weight is 325 g/mol. The monoisotopic (exact) mass is 324 g/mol. The molecule has 4 nitrogen and oxygen atoms in total. The van der Waals surface area contributed by atoms with E-state index in [0.717, 1.165) is 35.7 Å². The van der Waals surface area contributed by atoms with Crippen LogP contribution < -0.4 is 5.32 Å². The maximum absolute atomic E-state index is 12.0. The fourth-order valence-corrected chi connectivity index (χ4v) is 2.63. The first-order chi connectivity index (χ1) is 10.2. The SMILES string of the molecule is Cc1ccc(CNC2CCN(C(=O)OC(C)(C)C)C2)cc1Cl. The summed E-state index contributed by atoms with van der Waals surface area (Å²) in [6.45, 7) is 9.84. The lowest BCUT2D eigenvalue weighted by molar-refractivity contribution is 0.0291. The molecule has 0 spiro atoms. The van der Waals surface area contributed by atoms with E-state index in [1.54, 1.807) is 4.90 Å². The molecule has 0 aromatic heterocycles. The third-order valence-corrected chi connectivity index (χ3v) is 4.08. The van der Waals surface area contributed by atoms with Crippen molar-refractivity contribution in [3.05, 3.63) is 34.3 Å². The first-order valence-electron chi connectivity index (χ1n) is 7.71. The van der Waals surface area contributed by atoms with Gasteiger partial charge in [-0.25, -0.2) is 4.79 Å². The fourth-order valence-electron chi connectivity index (χ4n) is 2.43. The summed E-state index contributed by atoms with van der Waals surface area (Å²) >= 11 is 6.14. The molecule has 1 unspecified atom stereocenters. The molecule has 1 aliphatic heterocycles. The first-order valence-corrected chi connectivity index (χ1v) is 8.09. The second-order valence-electron chi connectivity index (χ2n) is 6.88. The van der Waals surface area contributed by atoms with Crippen molar-refractivity contribution in [1.29, 1.82) is 0 Å². The molecule has 2 rings (SSSR count). The molecule has 1 saturated heterocycles. The van der Waals surface area contributed by atoms with Crippen LogP contribution in [0.3, 0.4) is 0 Å². The van der Waals surface area contributed by atoms with Crippen LogP contribution in [0, 0.1) is 6.92 Å². The Morgan fingerprint density at radius 1 is 1.45 bits per heavy atom. The normalized spacial score (nSPS) is 18.6. The van der Waals surface area contributed by atoms with E-state index in [0.29, 0.717) is 12.6 Å². The van der Waals surface area contributed by atoms with E-state index in [-0.39, 0.29) is 6.09 Å². The van der Waals surface area contributed by atoms with Gasteiger partial charge in [0.2, 0.25) is 0 Å². The Kier molecular flexibility index (Phi) is 5.35. The Hall–Kier alpha value is -1.26. The van der Waals surface area contributed by atoms with Crippen LogP contribution in [0.1, 0.15) is 38.3 Å². The lowest BCUT2D eigenvalue weighted by Gasteiger charge is -2.24. The van der Waals surface area contributed by atoms with Gasteiger partial charge in [-0.2, -0.15) is 0 Å². The standard InChI is InChI=1S/C17H25ClN2O2/c1-12-5-6-13(9-15(12)18)10-19-14-7-8-20(11-14)16(21)22-17(2,3)4/h5-6,9,14,19H,7-8,10-11H2,1-4H3. The van der Waals surface area contributed by atoms with Crippen LogP contribution in [-0.2, 0) is 11.3 Å². The summed E-state index contributed by atoms with van der Waals surface area (Å²) in [5, 5.41) is 4.28. The fraction of sp³-hybridized carbons (Fsp3) is 0.588. The highest BCUT2D eigenvalue weighted by Gasteiger charge is 2.29. The predicted octanol–water partition coefficient (Wildman–Crippen LogP) is 3.75. The Morgan fingerprint density at radius 2 is 2.18 bits per heavy atom. The van der Waals surface area contributed by atoms with Crippen molar-refractivity contribution >= 4 is 17.7 Å². The van der Waals surface area contributed by atoms with E-state index < -0.39 is 5.60 Å². The summed E-state index contributed by atoms with van der Waals surface area (Å²) in [5.74, 6) is 0. The predicted molar refractivity (Wildman–Crippen MR) is 89.2 cm³/mol. The summed E-state index contributed by atoms with van der Waals surface area (Å²) in [4.78, 5) is 13.8. The van der Waals surface area contributed by atoms with Crippen molar-refractivity contribution < 1.29 is 9.53 Å². The van der Waals surface area contributed by atoms with Gasteiger partial charge < -0.3 is 15.0 Å². The van der Waals surface area contributed by atoms with Crippen molar-refractivity contribution in [3.63, 3.8) is 0 Å². The second-order valence-corrected chi connectivity index (χ2v) is 7.28. The van der Waals surface area contributed by atoms with Crippen molar-refractivity contribution in [2.75, 3.05) is 13.1 Å². The number of nitrogens with one attached hydrogen (secondary N) is 1. The zero-order chi connectivity index (χ0) is 16.3. The molecule has 1 atom stereocenters. The van der Waals surface area contributed by atoms with Crippen LogP contribution in [0.2, 0.25) is 5.02 Å². The number of ether oxygens (including phenoxy) is 1. The minimum absolute atomic E-state index is 0.227. The van der Waals surface area contributed by atoms with Crippen LogP contribution >= 0.6 is 11.6 Å². The number of benzene rings is 1. The molecular weight excluding hydrogens is 300 g/mol. The number of carbonyl (C=O) groups is 1. The van der Waals surface area contributed by atoms with Gasteiger partial charge in [0, 0.05) is 30.7 Å². The third kappa shape index (κ3) is 4.89. The lowest BCUT2D eigenvalue weighted by atomic mass is 10.1. The van der Waals surface area contributed by atoms with Crippen LogP contribution in [-0.4, -0.2) is 35.7 Å². The van der Waals surface area contributed by atoms with Gasteiger partial charge >= 0.3 is 6.09 Å². The topological polar surface area (TPSA) is 41.6 Å². The number of halogens is 1. The highest BCUT2D eigenvalue weighted by molar-refractivity contribution is 6.31. The molecule has 1 aliphatic rings. The molecule has 5 heteroatoms. The summed E-state index contributed by atoms with van der Waals surface area (Å²) in [5.41, 5.74) is 1.80. The lowest BCUT2D eigenvalue weighted by Crippen LogP contribution is -2.38. The highest BCUT2D eigenvalue weighted by Crippen LogP contribution is 2.18. The summed E-state index contributed by atoms with van der Waals surface area (Å²) in [6.07, 6.45) is 0.717. The van der Waals surface area contributed by atoms with E-state index >= 15 is 0 Å². The van der Waals surface area contributed by atoms with Crippen LogP contribution in [0.15, 0.2) is 18.2 Å². The van der Waals surface area contributed by atoms with E-state index in [9.17, 15) is 4.79 Å². The minimum atomic E-state index is -0.443. The molecule has 1 N–H and O–H groups in total. The maximum Gasteiger partial charge on any atom is 0.410 e. The zero-order valence-electron chi connectivity index (χ0n) is 13.8. The highest BCUT2D eigenvalue weighted by atomic mass is 35.5. The maximum atomic E-state index is 12.0. The Labute approximate surface area is 137 Å². The molecule has 1 aromatic carbocycles. The number of aryl methyl sites for hydroxylation is 1. The molecule has 0 radical (unpaired) electrons. The molecule has 22 heavy (non-hydrogen) atoms. The van der Waals surface area contributed by atoms with Crippen LogP contribution in [0.4, 0.5) is 4.79 Å². The molecule has 1 heterocycles. The van der Waals surface area contributed by atoms with Gasteiger partial charge in [0.05, 0.1) is 0 Å². The number of rotatable bonds is 3. The molecule has 122 valence electrons. The van der Waals surface area contributed by atoms with E-state index in [1.807, 2.05) is 39.8 Å². The van der Waals surface area contributed by atoms with Crippen molar-refractivity contribution in [1.82, 2.24) is 10.2 Å². The number of carbonyl (C=O) groups excluding carboxylic acids is 1. The molecule has 0 saturated carbocycles. The third-order valence-electron chi connectivity index (χ3n) is 3.67. The van der Waals surface area contributed by atoms with Crippen molar-refractivity contribution in [3.8, 4) is 0 Å². The van der Waals surface area contributed by atoms with Gasteiger partial charge in [-0.15, -0.1) is 0 Å².